The van der Waals surface area contributed by atoms with Gasteiger partial charge in [-0.15, -0.1) is 0 Å². The number of piperazine rings is 1. The van der Waals surface area contributed by atoms with Crippen molar-refractivity contribution in [3.05, 3.63) is 0 Å². The highest BCUT2D eigenvalue weighted by Crippen LogP contribution is 2.24. The molecule has 13 heavy (non-hydrogen) atoms. The molecule has 1 N–H and O–H groups in total. The van der Waals surface area contributed by atoms with Crippen LogP contribution in [0.2, 0.25) is 0 Å². The molecule has 0 amide bonds. The van der Waals surface area contributed by atoms with E-state index < -0.39 is 0 Å². The molecule has 0 aliphatic carbocycles. The topological polar surface area (TPSA) is 15.3 Å². The lowest BCUT2D eigenvalue weighted by Crippen LogP contribution is -2.55. The van der Waals surface area contributed by atoms with Gasteiger partial charge in [0.15, 0.2) is 0 Å². The summed E-state index contributed by atoms with van der Waals surface area (Å²) in [4.78, 5) is 2.60. The van der Waals surface area contributed by atoms with E-state index in [4.69, 9.17) is 0 Å². The molecule has 1 rings (SSSR count). The van der Waals surface area contributed by atoms with Gasteiger partial charge in [0.2, 0.25) is 0 Å². The van der Waals surface area contributed by atoms with Crippen LogP contribution >= 0.6 is 0 Å². The van der Waals surface area contributed by atoms with Gasteiger partial charge in [0.25, 0.3) is 0 Å². The molecule has 0 aromatic heterocycles. The van der Waals surface area contributed by atoms with Crippen LogP contribution in [0.25, 0.3) is 0 Å². The third-order valence-electron chi connectivity index (χ3n) is 3.20. The number of hydrogen-bond donors (Lipinski definition) is 1. The van der Waals surface area contributed by atoms with E-state index in [-0.39, 0.29) is 0 Å². The highest BCUT2D eigenvalue weighted by atomic mass is 15.2. The van der Waals surface area contributed by atoms with Gasteiger partial charge < -0.3 is 5.32 Å². The molecule has 1 fully saturated rings. The minimum Gasteiger partial charge on any atom is -0.312 e. The summed E-state index contributed by atoms with van der Waals surface area (Å²) in [6, 6.07) is 1.33. The summed E-state index contributed by atoms with van der Waals surface area (Å²) in [5.41, 5.74) is 0.400. The smallest absolute Gasteiger partial charge is 0.0167 e. The predicted octanol–water partition coefficient (Wildman–Crippen LogP) is 1.71. The molecule has 1 aliphatic heterocycles. The van der Waals surface area contributed by atoms with Crippen molar-refractivity contribution in [3.63, 3.8) is 0 Å². The monoisotopic (exact) mass is 184 g/mol. The molecule has 2 unspecified atom stereocenters. The SMILES string of the molecule is CC1CN(C(C)C(C)(C)C)CCN1. The second-order valence-corrected chi connectivity index (χ2v) is 5.39. The third-order valence-corrected chi connectivity index (χ3v) is 3.20. The van der Waals surface area contributed by atoms with Crippen LogP contribution in [-0.4, -0.2) is 36.6 Å². The Hall–Kier alpha value is -0.0800. The summed E-state index contributed by atoms with van der Waals surface area (Å²) < 4.78 is 0. The molecule has 1 aliphatic rings. The lowest BCUT2D eigenvalue weighted by molar-refractivity contribution is 0.0849. The molecule has 78 valence electrons. The molecular formula is C11H24N2. The first-order valence-corrected chi connectivity index (χ1v) is 5.38. The molecule has 0 aromatic rings. The second-order valence-electron chi connectivity index (χ2n) is 5.39. The molecular weight excluding hydrogens is 160 g/mol. The molecule has 0 bridgehead atoms. The first-order valence-electron chi connectivity index (χ1n) is 5.38. The van der Waals surface area contributed by atoms with Crippen molar-refractivity contribution in [3.8, 4) is 0 Å². The largest absolute Gasteiger partial charge is 0.312 e. The van der Waals surface area contributed by atoms with E-state index >= 15 is 0 Å². The fourth-order valence-corrected chi connectivity index (χ4v) is 1.86. The van der Waals surface area contributed by atoms with Gasteiger partial charge in [0.05, 0.1) is 0 Å². The number of hydrogen-bond acceptors (Lipinski definition) is 2. The average Bonchev–Trinajstić information content (AvgIpc) is 2.01. The quantitative estimate of drug-likeness (QED) is 0.667. The van der Waals surface area contributed by atoms with Crippen molar-refractivity contribution in [2.24, 2.45) is 5.41 Å². The lowest BCUT2D eigenvalue weighted by Gasteiger charge is -2.42. The van der Waals surface area contributed by atoms with Crippen molar-refractivity contribution in [2.45, 2.75) is 46.7 Å². The van der Waals surface area contributed by atoms with Crippen LogP contribution in [0.4, 0.5) is 0 Å². The highest BCUT2D eigenvalue weighted by Gasteiger charge is 2.28. The van der Waals surface area contributed by atoms with Gasteiger partial charge in [0.1, 0.15) is 0 Å². The normalized spacial score (nSPS) is 28.8. The molecule has 0 aromatic carbocycles. The molecule has 0 spiro atoms. The maximum Gasteiger partial charge on any atom is 0.0167 e. The van der Waals surface area contributed by atoms with Crippen LogP contribution in [0, 0.1) is 5.41 Å². The van der Waals surface area contributed by atoms with Gasteiger partial charge in [-0.2, -0.15) is 0 Å². The first kappa shape index (κ1) is 11.0. The Labute approximate surface area is 82.7 Å². The minimum absolute atomic E-state index is 0.400. The Bertz CT molecular complexity index is 160. The molecule has 0 radical (unpaired) electrons. The van der Waals surface area contributed by atoms with Gasteiger partial charge in [-0.1, -0.05) is 20.8 Å². The standard InChI is InChI=1S/C11H24N2/c1-9-8-13(7-6-12-9)10(2)11(3,4)5/h9-10,12H,6-8H2,1-5H3. The Morgan fingerprint density at radius 3 is 2.46 bits per heavy atom. The van der Waals surface area contributed by atoms with Crippen molar-refractivity contribution < 1.29 is 0 Å². The summed E-state index contributed by atoms with van der Waals surface area (Å²) in [6.45, 7) is 15.1. The van der Waals surface area contributed by atoms with Gasteiger partial charge in [-0.3, -0.25) is 4.90 Å². The minimum atomic E-state index is 0.400. The summed E-state index contributed by atoms with van der Waals surface area (Å²) in [5, 5.41) is 3.48. The van der Waals surface area contributed by atoms with Gasteiger partial charge in [-0.05, 0) is 19.3 Å². The van der Waals surface area contributed by atoms with E-state index in [2.05, 4.69) is 44.8 Å². The van der Waals surface area contributed by atoms with Crippen LogP contribution < -0.4 is 5.32 Å². The maximum absolute atomic E-state index is 3.48. The van der Waals surface area contributed by atoms with Crippen molar-refractivity contribution >= 4 is 0 Å². The van der Waals surface area contributed by atoms with Crippen LogP contribution in [0.5, 0.6) is 0 Å². The Morgan fingerprint density at radius 2 is 2.00 bits per heavy atom. The van der Waals surface area contributed by atoms with E-state index in [0.29, 0.717) is 17.5 Å². The van der Waals surface area contributed by atoms with E-state index in [1.54, 1.807) is 0 Å². The first-order chi connectivity index (χ1) is 5.91. The Morgan fingerprint density at radius 1 is 1.38 bits per heavy atom. The lowest BCUT2D eigenvalue weighted by atomic mass is 9.86. The van der Waals surface area contributed by atoms with E-state index in [0.717, 1.165) is 6.54 Å². The molecule has 2 nitrogen and oxygen atoms in total. The Balaban J connectivity index is 2.51. The van der Waals surface area contributed by atoms with Crippen molar-refractivity contribution in [1.82, 2.24) is 10.2 Å². The zero-order valence-corrected chi connectivity index (χ0v) is 9.72. The maximum atomic E-state index is 3.48. The molecule has 2 heteroatoms. The Kier molecular flexibility index (Phi) is 3.36. The fraction of sp³-hybridized carbons (Fsp3) is 1.00. The van der Waals surface area contributed by atoms with Crippen LogP contribution in [0.15, 0.2) is 0 Å². The zero-order chi connectivity index (χ0) is 10.1. The van der Waals surface area contributed by atoms with Crippen LogP contribution in [0.3, 0.4) is 0 Å². The summed E-state index contributed by atoms with van der Waals surface area (Å²) in [7, 11) is 0. The molecule has 1 saturated heterocycles. The summed E-state index contributed by atoms with van der Waals surface area (Å²) >= 11 is 0. The van der Waals surface area contributed by atoms with Crippen molar-refractivity contribution in [1.29, 1.82) is 0 Å². The van der Waals surface area contributed by atoms with Gasteiger partial charge >= 0.3 is 0 Å². The molecule has 2 atom stereocenters. The molecule has 0 saturated carbocycles. The highest BCUT2D eigenvalue weighted by molar-refractivity contribution is 4.84. The summed E-state index contributed by atoms with van der Waals surface area (Å²) in [5.74, 6) is 0. The number of rotatable bonds is 1. The fourth-order valence-electron chi connectivity index (χ4n) is 1.86. The number of nitrogens with one attached hydrogen (secondary N) is 1. The summed E-state index contributed by atoms with van der Waals surface area (Å²) in [6.07, 6.45) is 0. The zero-order valence-electron chi connectivity index (χ0n) is 9.72. The number of nitrogens with zero attached hydrogens (tertiary/aromatic N) is 1. The second kappa shape index (κ2) is 3.97. The van der Waals surface area contributed by atoms with Gasteiger partial charge in [0, 0.05) is 31.7 Å². The molecule has 1 heterocycles. The van der Waals surface area contributed by atoms with E-state index in [1.165, 1.54) is 13.1 Å². The third kappa shape index (κ3) is 2.96. The van der Waals surface area contributed by atoms with Crippen molar-refractivity contribution in [2.75, 3.05) is 19.6 Å². The van der Waals surface area contributed by atoms with E-state index in [9.17, 15) is 0 Å². The van der Waals surface area contributed by atoms with E-state index in [1.807, 2.05) is 0 Å². The van der Waals surface area contributed by atoms with Crippen LogP contribution in [-0.2, 0) is 0 Å². The predicted molar refractivity (Wildman–Crippen MR) is 58.0 cm³/mol. The van der Waals surface area contributed by atoms with Crippen LogP contribution in [0.1, 0.15) is 34.6 Å². The van der Waals surface area contributed by atoms with Gasteiger partial charge in [-0.25, -0.2) is 0 Å². The average molecular weight is 184 g/mol.